The van der Waals surface area contributed by atoms with Crippen LogP contribution in [-0.4, -0.2) is 36.3 Å². The maximum Gasteiger partial charge on any atom is 0.161 e. The molecule has 0 bridgehead atoms. The fourth-order valence-corrected chi connectivity index (χ4v) is 2.99. The number of nitrogens with zero attached hydrogens (tertiary/aromatic N) is 1. The lowest BCUT2D eigenvalue weighted by Gasteiger charge is -2.20. The molecule has 0 saturated carbocycles. The highest BCUT2D eigenvalue weighted by Crippen LogP contribution is 2.33. The molecule has 5 heteroatoms. The third-order valence-corrected chi connectivity index (χ3v) is 4.13. The first kappa shape index (κ1) is 15.9. The molecule has 0 radical (unpaired) electrons. The summed E-state index contributed by atoms with van der Waals surface area (Å²) in [5.74, 6) is 3.11. The van der Waals surface area contributed by atoms with E-state index in [0.717, 1.165) is 41.7 Å². The number of benzene rings is 1. The molecule has 124 valence electrons. The average Bonchev–Trinajstić information content (AvgIpc) is 3.08. The predicted molar refractivity (Wildman–Crippen MR) is 91.2 cm³/mol. The number of imidazole rings is 1. The molecule has 1 saturated heterocycles. The van der Waals surface area contributed by atoms with E-state index in [1.54, 1.807) is 0 Å². The van der Waals surface area contributed by atoms with E-state index in [9.17, 15) is 0 Å². The van der Waals surface area contributed by atoms with E-state index < -0.39 is 0 Å². The third-order valence-electron chi connectivity index (χ3n) is 4.13. The molecule has 2 heterocycles. The van der Waals surface area contributed by atoms with Crippen molar-refractivity contribution in [1.82, 2.24) is 15.3 Å². The van der Waals surface area contributed by atoms with Crippen LogP contribution in [0.3, 0.4) is 0 Å². The smallest absolute Gasteiger partial charge is 0.161 e. The van der Waals surface area contributed by atoms with Gasteiger partial charge >= 0.3 is 0 Å². The van der Waals surface area contributed by atoms with Crippen molar-refractivity contribution in [3.05, 3.63) is 30.2 Å². The zero-order valence-corrected chi connectivity index (χ0v) is 13.9. The van der Waals surface area contributed by atoms with Gasteiger partial charge in [-0.1, -0.05) is 0 Å². The molecule has 2 N–H and O–H groups in total. The Morgan fingerprint density at radius 2 is 2.00 bits per heavy atom. The van der Waals surface area contributed by atoms with Crippen LogP contribution in [0.25, 0.3) is 11.3 Å². The quantitative estimate of drug-likeness (QED) is 0.858. The van der Waals surface area contributed by atoms with Crippen molar-refractivity contribution in [1.29, 1.82) is 0 Å². The molecule has 1 aliphatic rings. The fourth-order valence-electron chi connectivity index (χ4n) is 2.99. The fraction of sp³-hybridized carbons (Fsp3) is 0.500. The summed E-state index contributed by atoms with van der Waals surface area (Å²) in [5, 5.41) is 3.43. The van der Waals surface area contributed by atoms with Gasteiger partial charge in [0.25, 0.3) is 0 Å². The van der Waals surface area contributed by atoms with E-state index in [1.165, 1.54) is 12.8 Å². The van der Waals surface area contributed by atoms with Gasteiger partial charge in [-0.2, -0.15) is 0 Å². The number of aromatic amines is 1. The Balaban J connectivity index is 1.83. The molecular weight excluding hydrogens is 290 g/mol. The van der Waals surface area contributed by atoms with Crippen LogP contribution in [0.2, 0.25) is 0 Å². The lowest BCUT2D eigenvalue weighted by atomic mass is 9.99. The molecule has 1 fully saturated rings. The van der Waals surface area contributed by atoms with Gasteiger partial charge in [-0.3, -0.25) is 0 Å². The van der Waals surface area contributed by atoms with Gasteiger partial charge in [0.15, 0.2) is 11.5 Å². The van der Waals surface area contributed by atoms with Crippen molar-refractivity contribution >= 4 is 0 Å². The molecule has 1 aliphatic heterocycles. The van der Waals surface area contributed by atoms with E-state index >= 15 is 0 Å². The van der Waals surface area contributed by atoms with Crippen LogP contribution in [0.1, 0.15) is 38.4 Å². The van der Waals surface area contributed by atoms with Gasteiger partial charge in [-0.05, 0) is 51.4 Å². The highest BCUT2D eigenvalue weighted by molar-refractivity contribution is 5.63. The van der Waals surface area contributed by atoms with Gasteiger partial charge in [-0.15, -0.1) is 0 Å². The maximum atomic E-state index is 5.71. The topological polar surface area (TPSA) is 59.2 Å². The Morgan fingerprint density at radius 1 is 1.17 bits per heavy atom. The molecule has 0 spiro atoms. The SMILES string of the molecule is CCOc1ccc(-c2cnc(C3CCCNC3)[nH]2)cc1OCC. The lowest BCUT2D eigenvalue weighted by molar-refractivity contribution is 0.288. The first-order valence-electron chi connectivity index (χ1n) is 8.47. The maximum absolute atomic E-state index is 5.71. The van der Waals surface area contributed by atoms with E-state index in [0.29, 0.717) is 19.1 Å². The minimum absolute atomic E-state index is 0.478. The Bertz CT molecular complexity index is 633. The highest BCUT2D eigenvalue weighted by atomic mass is 16.5. The number of rotatable bonds is 6. The summed E-state index contributed by atoms with van der Waals surface area (Å²) in [6, 6.07) is 6.03. The number of piperidine rings is 1. The first-order valence-corrected chi connectivity index (χ1v) is 8.47. The minimum Gasteiger partial charge on any atom is -0.490 e. The van der Waals surface area contributed by atoms with Crippen molar-refractivity contribution in [3.8, 4) is 22.8 Å². The monoisotopic (exact) mass is 315 g/mol. The lowest BCUT2D eigenvalue weighted by Crippen LogP contribution is -2.28. The zero-order chi connectivity index (χ0) is 16.1. The summed E-state index contributed by atoms with van der Waals surface area (Å²) in [4.78, 5) is 8.06. The Labute approximate surface area is 137 Å². The van der Waals surface area contributed by atoms with E-state index in [4.69, 9.17) is 9.47 Å². The van der Waals surface area contributed by atoms with Gasteiger partial charge in [0.2, 0.25) is 0 Å². The molecule has 3 rings (SSSR count). The van der Waals surface area contributed by atoms with Gasteiger partial charge in [-0.25, -0.2) is 4.98 Å². The summed E-state index contributed by atoms with van der Waals surface area (Å²) >= 11 is 0. The molecule has 1 unspecified atom stereocenters. The molecular formula is C18H25N3O2. The number of H-pyrrole nitrogens is 1. The summed E-state index contributed by atoms with van der Waals surface area (Å²) in [7, 11) is 0. The Hall–Kier alpha value is -2.01. The molecule has 0 amide bonds. The number of aromatic nitrogens is 2. The van der Waals surface area contributed by atoms with Gasteiger partial charge < -0.3 is 19.8 Å². The molecule has 1 atom stereocenters. The summed E-state index contributed by atoms with van der Waals surface area (Å²) in [6.45, 7) is 7.31. The molecule has 1 aromatic heterocycles. The molecule has 1 aromatic carbocycles. The molecule has 2 aromatic rings. The van der Waals surface area contributed by atoms with Gasteiger partial charge in [0.05, 0.1) is 25.1 Å². The van der Waals surface area contributed by atoms with Crippen LogP contribution in [0.15, 0.2) is 24.4 Å². The normalized spacial score (nSPS) is 17.9. The van der Waals surface area contributed by atoms with Crippen LogP contribution in [0.4, 0.5) is 0 Å². The Kier molecular flexibility index (Phi) is 5.18. The van der Waals surface area contributed by atoms with Crippen molar-refractivity contribution in [3.63, 3.8) is 0 Å². The third kappa shape index (κ3) is 3.67. The second-order valence-corrected chi connectivity index (χ2v) is 5.75. The average molecular weight is 315 g/mol. The number of hydrogen-bond acceptors (Lipinski definition) is 4. The van der Waals surface area contributed by atoms with Crippen LogP contribution in [-0.2, 0) is 0 Å². The number of ether oxygens (including phenoxy) is 2. The van der Waals surface area contributed by atoms with Crippen molar-refractivity contribution < 1.29 is 9.47 Å². The van der Waals surface area contributed by atoms with Crippen LogP contribution < -0.4 is 14.8 Å². The number of hydrogen-bond donors (Lipinski definition) is 2. The van der Waals surface area contributed by atoms with E-state index in [-0.39, 0.29) is 0 Å². The Morgan fingerprint density at radius 3 is 2.74 bits per heavy atom. The first-order chi connectivity index (χ1) is 11.3. The van der Waals surface area contributed by atoms with E-state index in [1.807, 2.05) is 38.2 Å². The second-order valence-electron chi connectivity index (χ2n) is 5.75. The second kappa shape index (κ2) is 7.51. The van der Waals surface area contributed by atoms with Crippen LogP contribution in [0.5, 0.6) is 11.5 Å². The van der Waals surface area contributed by atoms with Crippen molar-refractivity contribution in [2.75, 3.05) is 26.3 Å². The predicted octanol–water partition coefficient (Wildman–Crippen LogP) is 3.34. The van der Waals surface area contributed by atoms with Crippen molar-refractivity contribution in [2.24, 2.45) is 0 Å². The van der Waals surface area contributed by atoms with Gasteiger partial charge in [0, 0.05) is 18.0 Å². The van der Waals surface area contributed by atoms with Gasteiger partial charge in [0.1, 0.15) is 5.82 Å². The van der Waals surface area contributed by atoms with E-state index in [2.05, 4.69) is 15.3 Å². The van der Waals surface area contributed by atoms with Crippen molar-refractivity contribution in [2.45, 2.75) is 32.6 Å². The molecule has 0 aliphatic carbocycles. The van der Waals surface area contributed by atoms with Crippen LogP contribution in [0, 0.1) is 0 Å². The molecule has 5 nitrogen and oxygen atoms in total. The summed E-state index contributed by atoms with van der Waals surface area (Å²) in [6.07, 6.45) is 4.31. The largest absolute Gasteiger partial charge is 0.490 e. The standard InChI is InChI=1S/C18H25N3O2/c1-3-22-16-8-7-13(10-17(16)23-4-2)15-12-20-18(21-15)14-6-5-9-19-11-14/h7-8,10,12,14,19H,3-6,9,11H2,1-2H3,(H,20,21). The summed E-state index contributed by atoms with van der Waals surface area (Å²) < 4.78 is 11.3. The zero-order valence-electron chi connectivity index (χ0n) is 13.9. The summed E-state index contributed by atoms with van der Waals surface area (Å²) in [5.41, 5.74) is 2.09. The highest BCUT2D eigenvalue weighted by Gasteiger charge is 2.18. The minimum atomic E-state index is 0.478. The van der Waals surface area contributed by atoms with Crippen LogP contribution >= 0.6 is 0 Å². The molecule has 23 heavy (non-hydrogen) atoms. The number of nitrogens with one attached hydrogen (secondary N) is 2.